The fraction of sp³-hybridized carbons (Fsp3) is 0.167. The lowest BCUT2D eigenvalue weighted by Gasteiger charge is -2.30. The van der Waals surface area contributed by atoms with E-state index in [4.69, 9.17) is 5.73 Å². The standard InChI is InChI=1S/C18H16BrN3O/c19-11-7-5-10(6-8-11)16-17-13(9-15(22-16)18(20)23)12-3-1-2-4-14(12)21-17/h1-8,15-16,21-22H,9H2,(H2,20,23)/t15-,16-/m1/s1. The molecule has 1 aliphatic rings. The minimum absolute atomic E-state index is 0.0725. The van der Waals surface area contributed by atoms with Crippen LogP contribution in [0.1, 0.15) is 22.9 Å². The molecule has 1 aromatic heterocycles. The first-order chi connectivity index (χ1) is 11.1. The van der Waals surface area contributed by atoms with Gasteiger partial charge in [0.05, 0.1) is 12.1 Å². The number of amides is 1. The van der Waals surface area contributed by atoms with E-state index in [9.17, 15) is 4.79 Å². The first-order valence-corrected chi connectivity index (χ1v) is 8.33. The van der Waals surface area contributed by atoms with Gasteiger partial charge in [0, 0.05) is 21.1 Å². The highest BCUT2D eigenvalue weighted by Gasteiger charge is 2.32. The number of primary amides is 1. The molecule has 4 rings (SSSR count). The molecule has 0 unspecified atom stereocenters. The van der Waals surface area contributed by atoms with E-state index in [0.29, 0.717) is 6.42 Å². The Labute approximate surface area is 142 Å². The summed E-state index contributed by atoms with van der Waals surface area (Å²) in [5.74, 6) is -0.317. The molecular formula is C18H16BrN3O. The van der Waals surface area contributed by atoms with Crippen molar-refractivity contribution >= 4 is 32.7 Å². The molecule has 23 heavy (non-hydrogen) atoms. The molecule has 2 heterocycles. The van der Waals surface area contributed by atoms with Crippen molar-refractivity contribution in [2.24, 2.45) is 5.73 Å². The summed E-state index contributed by atoms with van der Waals surface area (Å²) < 4.78 is 1.03. The Hall–Kier alpha value is -2.11. The van der Waals surface area contributed by atoms with Crippen molar-refractivity contribution in [3.05, 3.63) is 69.8 Å². The number of hydrogen-bond donors (Lipinski definition) is 3. The van der Waals surface area contributed by atoms with Crippen LogP contribution in [0.3, 0.4) is 0 Å². The van der Waals surface area contributed by atoms with Gasteiger partial charge < -0.3 is 10.7 Å². The van der Waals surface area contributed by atoms with Crippen LogP contribution in [0.5, 0.6) is 0 Å². The summed E-state index contributed by atoms with van der Waals surface area (Å²) in [6.45, 7) is 0. The van der Waals surface area contributed by atoms with Crippen molar-refractivity contribution in [1.29, 1.82) is 0 Å². The van der Waals surface area contributed by atoms with Crippen LogP contribution in [0.15, 0.2) is 53.0 Å². The molecule has 1 amide bonds. The third kappa shape index (κ3) is 2.46. The number of para-hydroxylation sites is 1. The van der Waals surface area contributed by atoms with E-state index >= 15 is 0 Å². The predicted molar refractivity (Wildman–Crippen MR) is 94.1 cm³/mol. The molecule has 2 atom stereocenters. The van der Waals surface area contributed by atoms with E-state index in [1.807, 2.05) is 24.3 Å². The maximum absolute atomic E-state index is 11.8. The molecule has 0 bridgehead atoms. The normalized spacial score (nSPS) is 20.4. The second-order valence-corrected chi connectivity index (χ2v) is 6.79. The number of aromatic nitrogens is 1. The highest BCUT2D eigenvalue weighted by atomic mass is 79.9. The fourth-order valence-electron chi connectivity index (χ4n) is 3.34. The molecule has 2 aromatic carbocycles. The SMILES string of the molecule is NC(=O)[C@H]1Cc2c([nH]c3ccccc23)[C@@H](c2ccc(Br)cc2)N1. The van der Waals surface area contributed by atoms with E-state index in [1.54, 1.807) is 0 Å². The minimum atomic E-state index is -0.365. The number of halogens is 1. The number of rotatable bonds is 2. The molecule has 0 fully saturated rings. The Kier molecular flexibility index (Phi) is 3.47. The van der Waals surface area contributed by atoms with Crippen LogP contribution < -0.4 is 11.1 Å². The molecule has 4 N–H and O–H groups in total. The minimum Gasteiger partial charge on any atom is -0.368 e. The highest BCUT2D eigenvalue weighted by molar-refractivity contribution is 9.10. The highest BCUT2D eigenvalue weighted by Crippen LogP contribution is 2.35. The van der Waals surface area contributed by atoms with Crippen LogP contribution >= 0.6 is 15.9 Å². The maximum atomic E-state index is 11.8. The lowest BCUT2D eigenvalue weighted by Crippen LogP contribution is -2.48. The molecule has 4 nitrogen and oxygen atoms in total. The van der Waals surface area contributed by atoms with E-state index in [2.05, 4.69) is 50.5 Å². The number of aromatic amines is 1. The van der Waals surface area contributed by atoms with Crippen molar-refractivity contribution in [3.8, 4) is 0 Å². The van der Waals surface area contributed by atoms with Gasteiger partial charge in [-0.3, -0.25) is 10.1 Å². The van der Waals surface area contributed by atoms with Gasteiger partial charge in [0.25, 0.3) is 0 Å². The number of nitrogens with one attached hydrogen (secondary N) is 2. The Balaban J connectivity index is 1.89. The van der Waals surface area contributed by atoms with Crippen LogP contribution in [-0.4, -0.2) is 16.9 Å². The molecule has 0 radical (unpaired) electrons. The monoisotopic (exact) mass is 369 g/mol. The van der Waals surface area contributed by atoms with E-state index in [0.717, 1.165) is 26.6 Å². The third-order valence-corrected chi connectivity index (χ3v) is 4.99. The van der Waals surface area contributed by atoms with Gasteiger partial charge in [0.15, 0.2) is 0 Å². The van der Waals surface area contributed by atoms with Gasteiger partial charge in [-0.15, -0.1) is 0 Å². The van der Waals surface area contributed by atoms with Gasteiger partial charge >= 0.3 is 0 Å². The molecular weight excluding hydrogens is 354 g/mol. The second kappa shape index (κ2) is 5.51. The zero-order chi connectivity index (χ0) is 16.0. The van der Waals surface area contributed by atoms with E-state index in [1.165, 1.54) is 5.56 Å². The smallest absolute Gasteiger partial charge is 0.234 e. The Bertz CT molecular complexity index is 885. The topological polar surface area (TPSA) is 70.9 Å². The first-order valence-electron chi connectivity index (χ1n) is 7.54. The fourth-order valence-corrected chi connectivity index (χ4v) is 3.60. The summed E-state index contributed by atoms with van der Waals surface area (Å²) in [6, 6.07) is 15.9. The zero-order valence-electron chi connectivity index (χ0n) is 12.3. The van der Waals surface area contributed by atoms with E-state index in [-0.39, 0.29) is 18.0 Å². The number of fused-ring (bicyclic) bond motifs is 3. The van der Waals surface area contributed by atoms with Gasteiger partial charge in [-0.25, -0.2) is 0 Å². The number of hydrogen-bond acceptors (Lipinski definition) is 2. The summed E-state index contributed by atoms with van der Waals surface area (Å²) in [5, 5.41) is 4.55. The maximum Gasteiger partial charge on any atom is 0.234 e. The molecule has 0 saturated heterocycles. The third-order valence-electron chi connectivity index (χ3n) is 4.46. The Morgan fingerprint density at radius 2 is 1.87 bits per heavy atom. The summed E-state index contributed by atoms with van der Waals surface area (Å²) >= 11 is 3.46. The Morgan fingerprint density at radius 3 is 2.61 bits per heavy atom. The van der Waals surface area contributed by atoms with Crippen molar-refractivity contribution in [2.45, 2.75) is 18.5 Å². The van der Waals surface area contributed by atoms with Crippen LogP contribution in [0, 0.1) is 0 Å². The second-order valence-electron chi connectivity index (χ2n) is 5.87. The number of H-pyrrole nitrogens is 1. The van der Waals surface area contributed by atoms with Gasteiger partial charge in [-0.1, -0.05) is 46.3 Å². The van der Waals surface area contributed by atoms with E-state index < -0.39 is 0 Å². The number of carbonyl (C=O) groups is 1. The van der Waals surface area contributed by atoms with Crippen LogP contribution in [0.25, 0.3) is 10.9 Å². The van der Waals surface area contributed by atoms with Gasteiger partial charge in [0.2, 0.25) is 5.91 Å². The van der Waals surface area contributed by atoms with Crippen molar-refractivity contribution < 1.29 is 4.79 Å². The molecule has 5 heteroatoms. The first kappa shape index (κ1) is 14.5. The number of benzene rings is 2. The Morgan fingerprint density at radius 1 is 1.13 bits per heavy atom. The molecule has 116 valence electrons. The molecule has 0 aliphatic carbocycles. The van der Waals surface area contributed by atoms with Gasteiger partial charge in [-0.2, -0.15) is 0 Å². The molecule has 0 spiro atoms. The molecule has 1 aliphatic heterocycles. The summed E-state index contributed by atoms with van der Waals surface area (Å²) in [4.78, 5) is 15.3. The van der Waals surface area contributed by atoms with Crippen molar-refractivity contribution in [2.75, 3.05) is 0 Å². The van der Waals surface area contributed by atoms with Crippen LogP contribution in [0.2, 0.25) is 0 Å². The lowest BCUT2D eigenvalue weighted by atomic mass is 9.90. The molecule has 0 saturated carbocycles. The van der Waals surface area contributed by atoms with Crippen molar-refractivity contribution in [1.82, 2.24) is 10.3 Å². The number of carbonyl (C=O) groups excluding carboxylic acids is 1. The summed E-state index contributed by atoms with van der Waals surface area (Å²) in [7, 11) is 0. The quantitative estimate of drug-likeness (QED) is 0.649. The number of nitrogens with two attached hydrogens (primary N) is 1. The van der Waals surface area contributed by atoms with Gasteiger partial charge in [0.1, 0.15) is 0 Å². The average molecular weight is 370 g/mol. The molecule has 3 aromatic rings. The predicted octanol–water partition coefficient (Wildman–Crippen LogP) is 3.02. The van der Waals surface area contributed by atoms with Gasteiger partial charge in [-0.05, 0) is 35.7 Å². The summed E-state index contributed by atoms with van der Waals surface area (Å²) in [5.41, 5.74) is 10.1. The average Bonchev–Trinajstić information content (AvgIpc) is 2.93. The lowest BCUT2D eigenvalue weighted by molar-refractivity contribution is -0.120. The van der Waals surface area contributed by atoms with Crippen LogP contribution in [-0.2, 0) is 11.2 Å². The zero-order valence-corrected chi connectivity index (χ0v) is 13.9. The summed E-state index contributed by atoms with van der Waals surface area (Å²) in [6.07, 6.45) is 0.613. The van der Waals surface area contributed by atoms with Crippen molar-refractivity contribution in [3.63, 3.8) is 0 Å². The largest absolute Gasteiger partial charge is 0.368 e. The van der Waals surface area contributed by atoms with Crippen LogP contribution in [0.4, 0.5) is 0 Å².